The smallest absolute Gasteiger partial charge is 0.0913 e. The molecule has 0 amide bonds. The lowest BCUT2D eigenvalue weighted by Crippen LogP contribution is -2.03. The highest BCUT2D eigenvalue weighted by Gasteiger charge is 2.13. The van der Waals surface area contributed by atoms with Crippen molar-refractivity contribution in [1.29, 1.82) is 0 Å². The molecule has 120 valence electrons. The van der Waals surface area contributed by atoms with Gasteiger partial charge < -0.3 is 11.6 Å². The van der Waals surface area contributed by atoms with Gasteiger partial charge in [-0.1, -0.05) is 65.9 Å². The van der Waals surface area contributed by atoms with E-state index in [1.807, 2.05) is 48.5 Å². The van der Waals surface area contributed by atoms with E-state index in [0.29, 0.717) is 0 Å². The van der Waals surface area contributed by atoms with E-state index in [9.17, 15) is 0 Å². The summed E-state index contributed by atoms with van der Waals surface area (Å²) in [6.07, 6.45) is 1.49. The van der Waals surface area contributed by atoms with Gasteiger partial charge in [0.2, 0.25) is 0 Å². The van der Waals surface area contributed by atoms with Crippen molar-refractivity contribution in [1.82, 2.24) is 0 Å². The average Bonchev–Trinajstić information content (AvgIpc) is 2.62. The lowest BCUT2D eigenvalue weighted by atomic mass is 9.92. The van der Waals surface area contributed by atoms with Crippen LogP contribution in [0.2, 0.25) is 0 Å². The molecule has 0 bridgehead atoms. The van der Waals surface area contributed by atoms with E-state index >= 15 is 0 Å². The van der Waals surface area contributed by atoms with Gasteiger partial charge in [0.1, 0.15) is 0 Å². The molecule has 3 aromatic carbocycles. The lowest BCUT2D eigenvalue weighted by Gasteiger charge is -2.15. The summed E-state index contributed by atoms with van der Waals surface area (Å²) in [5.41, 5.74) is 12.4. The van der Waals surface area contributed by atoms with Gasteiger partial charge in [-0.2, -0.15) is 0 Å². The van der Waals surface area contributed by atoms with Gasteiger partial charge in [0, 0.05) is 5.69 Å². The van der Waals surface area contributed by atoms with Crippen molar-refractivity contribution >= 4 is 11.4 Å². The van der Waals surface area contributed by atoms with Crippen molar-refractivity contribution in [3.63, 3.8) is 0 Å². The molecule has 0 unspecified atom stereocenters. The van der Waals surface area contributed by atoms with Gasteiger partial charge in [-0.05, 0) is 47.2 Å². The molecule has 0 aliphatic heterocycles. The lowest BCUT2D eigenvalue weighted by molar-refractivity contribution is 1.02. The summed E-state index contributed by atoms with van der Waals surface area (Å²) in [6.45, 7) is 0. The molecule has 0 spiro atoms. The normalized spacial score (nSPS) is 11.0. The Balaban J connectivity index is 2.06. The predicted octanol–water partition coefficient (Wildman–Crippen LogP) is 4.41. The Labute approximate surface area is 141 Å². The summed E-state index contributed by atoms with van der Waals surface area (Å²) in [5.74, 6) is 5.29. The van der Waals surface area contributed by atoms with Crippen molar-refractivity contribution in [2.75, 3.05) is 5.73 Å². The number of hydrogen-bond donors (Lipinski definition) is 2. The highest BCUT2D eigenvalue weighted by atomic mass is 15.3. The quantitative estimate of drug-likeness (QED) is 0.316. The Morgan fingerprint density at radius 3 is 1.75 bits per heavy atom. The van der Waals surface area contributed by atoms with Crippen LogP contribution in [-0.4, -0.2) is 0 Å². The van der Waals surface area contributed by atoms with Crippen LogP contribution >= 0.6 is 0 Å². The highest BCUT2D eigenvalue weighted by molar-refractivity contribution is 5.63. The first-order valence-electron chi connectivity index (χ1n) is 7.87. The monoisotopic (exact) mass is 316 g/mol. The zero-order valence-electron chi connectivity index (χ0n) is 13.4. The summed E-state index contributed by atoms with van der Waals surface area (Å²) < 4.78 is 0. The molecule has 24 heavy (non-hydrogen) atoms. The van der Waals surface area contributed by atoms with Gasteiger partial charge in [-0.15, -0.1) is 5.11 Å². The number of nitrogens with two attached hydrogens (primary N) is 2. The Hall–Kier alpha value is -3.14. The van der Waals surface area contributed by atoms with Crippen molar-refractivity contribution in [2.24, 2.45) is 16.2 Å². The molecule has 0 saturated heterocycles. The fourth-order valence-corrected chi connectivity index (χ4v) is 2.86. The molecule has 0 saturated carbocycles. The van der Waals surface area contributed by atoms with Gasteiger partial charge in [0.05, 0.1) is 5.69 Å². The third-order valence-electron chi connectivity index (χ3n) is 4.06. The van der Waals surface area contributed by atoms with Crippen LogP contribution in [0.3, 0.4) is 0 Å². The number of hydrogen-bond acceptors (Lipinski definition) is 3. The average molecular weight is 316 g/mol. The second kappa shape index (κ2) is 7.42. The standard InChI is InChI=1S/C20H20N4/c21-19-11-12-20(23-24-22)18(14-16-9-5-2-6-10-16)17(19)13-15-7-3-1-4-8-15/h1-12H,13-14,21H2,(H2,22,23). The van der Waals surface area contributed by atoms with E-state index in [0.717, 1.165) is 35.3 Å². The minimum absolute atomic E-state index is 0.738. The summed E-state index contributed by atoms with van der Waals surface area (Å²) in [6, 6.07) is 24.3. The molecular formula is C20H20N4. The predicted molar refractivity (Wildman–Crippen MR) is 98.1 cm³/mol. The Morgan fingerprint density at radius 2 is 1.21 bits per heavy atom. The fourth-order valence-electron chi connectivity index (χ4n) is 2.86. The van der Waals surface area contributed by atoms with E-state index in [1.165, 1.54) is 11.1 Å². The molecule has 0 fully saturated rings. The van der Waals surface area contributed by atoms with Gasteiger partial charge in [-0.25, -0.2) is 0 Å². The van der Waals surface area contributed by atoms with Crippen LogP contribution in [0.5, 0.6) is 0 Å². The molecule has 4 nitrogen and oxygen atoms in total. The highest BCUT2D eigenvalue weighted by Crippen LogP contribution is 2.32. The van der Waals surface area contributed by atoms with Crippen LogP contribution in [0.1, 0.15) is 22.3 Å². The first kappa shape index (κ1) is 15.7. The second-order valence-corrected chi connectivity index (χ2v) is 5.67. The number of nitrogen functional groups attached to an aromatic ring is 1. The zero-order valence-corrected chi connectivity index (χ0v) is 13.4. The molecule has 4 heteroatoms. The van der Waals surface area contributed by atoms with Gasteiger partial charge in [-0.3, -0.25) is 0 Å². The van der Waals surface area contributed by atoms with Crippen LogP contribution in [0.25, 0.3) is 0 Å². The molecule has 4 N–H and O–H groups in total. The zero-order chi connectivity index (χ0) is 16.8. The largest absolute Gasteiger partial charge is 0.398 e. The second-order valence-electron chi connectivity index (χ2n) is 5.67. The van der Waals surface area contributed by atoms with Crippen LogP contribution < -0.4 is 11.6 Å². The van der Waals surface area contributed by atoms with Gasteiger partial charge in [0.25, 0.3) is 0 Å². The molecule has 0 aromatic heterocycles. The molecular weight excluding hydrogens is 296 g/mol. The van der Waals surface area contributed by atoms with Crippen molar-refractivity contribution in [3.8, 4) is 0 Å². The molecule has 3 aromatic rings. The Bertz CT molecular complexity index is 827. The molecule has 0 aliphatic carbocycles. The van der Waals surface area contributed by atoms with Crippen LogP contribution in [0.15, 0.2) is 83.1 Å². The van der Waals surface area contributed by atoms with Crippen molar-refractivity contribution < 1.29 is 0 Å². The van der Waals surface area contributed by atoms with Crippen LogP contribution in [0.4, 0.5) is 11.4 Å². The molecule has 0 radical (unpaired) electrons. The van der Waals surface area contributed by atoms with Crippen molar-refractivity contribution in [3.05, 3.63) is 95.1 Å². The van der Waals surface area contributed by atoms with Gasteiger partial charge in [0.15, 0.2) is 0 Å². The maximum absolute atomic E-state index is 6.28. The minimum Gasteiger partial charge on any atom is -0.398 e. The number of rotatable bonds is 5. The number of anilines is 1. The molecule has 0 atom stereocenters. The van der Waals surface area contributed by atoms with E-state index in [2.05, 4.69) is 34.6 Å². The number of nitrogens with zero attached hydrogens (tertiary/aromatic N) is 2. The number of benzene rings is 3. The van der Waals surface area contributed by atoms with Crippen LogP contribution in [0, 0.1) is 0 Å². The topological polar surface area (TPSA) is 76.8 Å². The van der Waals surface area contributed by atoms with Gasteiger partial charge >= 0.3 is 0 Å². The Morgan fingerprint density at radius 1 is 0.667 bits per heavy atom. The maximum Gasteiger partial charge on any atom is 0.0913 e. The summed E-state index contributed by atoms with van der Waals surface area (Å²) in [4.78, 5) is 0. The summed E-state index contributed by atoms with van der Waals surface area (Å²) in [7, 11) is 0. The third kappa shape index (κ3) is 3.60. The molecule has 0 aliphatic rings. The van der Waals surface area contributed by atoms with Crippen LogP contribution in [-0.2, 0) is 12.8 Å². The van der Waals surface area contributed by atoms with E-state index in [4.69, 9.17) is 11.6 Å². The molecule has 0 heterocycles. The third-order valence-corrected chi connectivity index (χ3v) is 4.06. The first-order chi connectivity index (χ1) is 11.8. The van der Waals surface area contributed by atoms with E-state index in [1.54, 1.807) is 0 Å². The summed E-state index contributed by atoms with van der Waals surface area (Å²) in [5, 5.41) is 7.56. The molecule has 3 rings (SSSR count). The van der Waals surface area contributed by atoms with E-state index < -0.39 is 0 Å². The SMILES string of the molecule is NN=Nc1ccc(N)c(Cc2ccccc2)c1Cc1ccccc1. The first-order valence-corrected chi connectivity index (χ1v) is 7.87. The van der Waals surface area contributed by atoms with Crippen molar-refractivity contribution in [2.45, 2.75) is 12.8 Å². The summed E-state index contributed by atoms with van der Waals surface area (Å²) >= 11 is 0. The minimum atomic E-state index is 0.738. The van der Waals surface area contributed by atoms with E-state index in [-0.39, 0.29) is 0 Å². The fraction of sp³-hybridized carbons (Fsp3) is 0.100. The Kier molecular flexibility index (Phi) is 4.87. The maximum atomic E-state index is 6.28.